The molecule has 7 nitrogen and oxygen atoms in total. The minimum absolute atomic E-state index is 0.0311. The van der Waals surface area contributed by atoms with E-state index in [0.29, 0.717) is 12.8 Å². The first-order valence-corrected chi connectivity index (χ1v) is 6.31. The van der Waals surface area contributed by atoms with Crippen LogP contribution in [0.4, 0.5) is 0 Å². The van der Waals surface area contributed by atoms with Crippen LogP contribution in [0, 0.1) is 5.92 Å². The third-order valence-electron chi connectivity index (χ3n) is 3.62. The van der Waals surface area contributed by atoms with Gasteiger partial charge in [-0.1, -0.05) is 0 Å². The second-order valence-corrected chi connectivity index (χ2v) is 4.77. The molecule has 0 aliphatic carbocycles. The molecular weight excluding hydrogens is 266 g/mol. The van der Waals surface area contributed by atoms with E-state index in [1.165, 1.54) is 26.0 Å². The lowest BCUT2D eigenvalue weighted by Gasteiger charge is -2.32. The van der Waals surface area contributed by atoms with Crippen molar-refractivity contribution >= 4 is 17.8 Å². The van der Waals surface area contributed by atoms with E-state index in [1.807, 2.05) is 0 Å². The zero-order valence-electron chi connectivity index (χ0n) is 11.6. The molecule has 3 atom stereocenters. The van der Waals surface area contributed by atoms with Crippen molar-refractivity contribution in [1.29, 1.82) is 0 Å². The second-order valence-electron chi connectivity index (χ2n) is 4.77. The van der Waals surface area contributed by atoms with Crippen molar-refractivity contribution in [2.75, 3.05) is 14.2 Å². The highest BCUT2D eigenvalue weighted by Gasteiger charge is 2.49. The van der Waals surface area contributed by atoms with Crippen LogP contribution in [0.3, 0.4) is 0 Å². The Labute approximate surface area is 116 Å². The highest BCUT2D eigenvalue weighted by molar-refractivity contribution is 5.87. The summed E-state index contributed by atoms with van der Waals surface area (Å²) in [6.07, 6.45) is 2.01. The first-order chi connectivity index (χ1) is 9.49. The summed E-state index contributed by atoms with van der Waals surface area (Å²) in [5.74, 6) is -1.31. The number of carbonyl (C=O) groups is 3. The Morgan fingerprint density at radius 3 is 2.55 bits per heavy atom. The second kappa shape index (κ2) is 5.52. The number of likely N-dealkylation sites (tertiary alicyclic amines) is 1. The minimum Gasteiger partial charge on any atom is -0.467 e. The molecule has 0 aromatic rings. The van der Waals surface area contributed by atoms with Crippen LogP contribution in [0.15, 0.2) is 11.8 Å². The molecule has 7 heteroatoms. The fourth-order valence-corrected chi connectivity index (χ4v) is 2.70. The van der Waals surface area contributed by atoms with Crippen LogP contribution in [0.2, 0.25) is 0 Å². The number of nitrogens with zero attached hydrogens (tertiary/aromatic N) is 1. The van der Waals surface area contributed by atoms with Gasteiger partial charge in [0.25, 0.3) is 0 Å². The van der Waals surface area contributed by atoms with Gasteiger partial charge in [0.15, 0.2) is 6.23 Å². The number of ether oxygens (including phenoxy) is 3. The molecule has 0 aromatic carbocycles. The van der Waals surface area contributed by atoms with Crippen molar-refractivity contribution in [3.8, 4) is 0 Å². The molecule has 2 aliphatic heterocycles. The molecule has 1 saturated heterocycles. The van der Waals surface area contributed by atoms with Crippen LogP contribution >= 0.6 is 0 Å². The summed E-state index contributed by atoms with van der Waals surface area (Å²) < 4.78 is 14.9. The van der Waals surface area contributed by atoms with Crippen molar-refractivity contribution in [2.45, 2.75) is 32.0 Å². The van der Waals surface area contributed by atoms with Crippen LogP contribution in [0.25, 0.3) is 0 Å². The SMILES string of the molecule is COC(=O)C1=CC[C@@H]2C[C@H](C(=O)OC)N(C(C)=O)[C@@H]2O1. The van der Waals surface area contributed by atoms with Gasteiger partial charge in [-0.25, -0.2) is 9.59 Å². The lowest BCUT2D eigenvalue weighted by Crippen LogP contribution is -2.46. The van der Waals surface area contributed by atoms with Gasteiger partial charge in [0.05, 0.1) is 14.2 Å². The van der Waals surface area contributed by atoms with Gasteiger partial charge in [0.1, 0.15) is 6.04 Å². The van der Waals surface area contributed by atoms with Gasteiger partial charge in [0.2, 0.25) is 11.7 Å². The molecule has 2 heterocycles. The fraction of sp³-hybridized carbons (Fsp3) is 0.615. The monoisotopic (exact) mass is 283 g/mol. The van der Waals surface area contributed by atoms with E-state index in [1.54, 1.807) is 6.08 Å². The quantitative estimate of drug-likeness (QED) is 0.673. The zero-order chi connectivity index (χ0) is 14.9. The predicted octanol–water partition coefficient (Wildman–Crippen LogP) is 0.200. The minimum atomic E-state index is -0.669. The number of rotatable bonds is 2. The van der Waals surface area contributed by atoms with Gasteiger partial charge in [-0.3, -0.25) is 9.69 Å². The summed E-state index contributed by atoms with van der Waals surface area (Å²) in [4.78, 5) is 36.4. The van der Waals surface area contributed by atoms with E-state index < -0.39 is 24.2 Å². The van der Waals surface area contributed by atoms with Gasteiger partial charge in [-0.05, 0) is 18.9 Å². The average molecular weight is 283 g/mol. The molecule has 0 aromatic heterocycles. The molecular formula is C13H17NO6. The van der Waals surface area contributed by atoms with Crippen molar-refractivity contribution in [3.63, 3.8) is 0 Å². The van der Waals surface area contributed by atoms with Crippen molar-refractivity contribution in [3.05, 3.63) is 11.8 Å². The predicted molar refractivity (Wildman–Crippen MR) is 66.0 cm³/mol. The topological polar surface area (TPSA) is 82.1 Å². The van der Waals surface area contributed by atoms with Crippen LogP contribution in [-0.4, -0.2) is 49.2 Å². The van der Waals surface area contributed by atoms with E-state index in [0.717, 1.165) is 0 Å². The Morgan fingerprint density at radius 2 is 2.00 bits per heavy atom. The molecule has 1 amide bonds. The number of hydrogen-bond acceptors (Lipinski definition) is 6. The van der Waals surface area contributed by atoms with Crippen LogP contribution < -0.4 is 0 Å². The molecule has 0 unspecified atom stereocenters. The molecule has 0 spiro atoms. The first-order valence-electron chi connectivity index (χ1n) is 6.31. The van der Waals surface area contributed by atoms with Crippen LogP contribution in [0.1, 0.15) is 19.8 Å². The van der Waals surface area contributed by atoms with Crippen LogP contribution in [-0.2, 0) is 28.6 Å². The van der Waals surface area contributed by atoms with E-state index in [4.69, 9.17) is 9.47 Å². The van der Waals surface area contributed by atoms with Gasteiger partial charge < -0.3 is 14.2 Å². The molecule has 20 heavy (non-hydrogen) atoms. The van der Waals surface area contributed by atoms with Gasteiger partial charge in [0, 0.05) is 12.8 Å². The Hall–Kier alpha value is -2.05. The van der Waals surface area contributed by atoms with Crippen molar-refractivity contribution < 1.29 is 28.6 Å². The van der Waals surface area contributed by atoms with E-state index >= 15 is 0 Å². The summed E-state index contributed by atoms with van der Waals surface area (Å²) in [5, 5.41) is 0. The van der Waals surface area contributed by atoms with Gasteiger partial charge in [-0.2, -0.15) is 0 Å². The lowest BCUT2D eigenvalue weighted by molar-refractivity contribution is -0.160. The molecule has 0 saturated carbocycles. The number of methoxy groups -OCH3 is 2. The lowest BCUT2D eigenvalue weighted by atomic mass is 9.98. The normalized spacial score (nSPS) is 28.1. The maximum atomic E-state index is 11.8. The third kappa shape index (κ3) is 2.35. The molecule has 0 N–H and O–H groups in total. The van der Waals surface area contributed by atoms with Crippen LogP contribution in [0.5, 0.6) is 0 Å². The highest BCUT2D eigenvalue weighted by Crippen LogP contribution is 2.38. The summed E-state index contributed by atoms with van der Waals surface area (Å²) in [7, 11) is 2.54. The van der Waals surface area contributed by atoms with Gasteiger partial charge >= 0.3 is 11.9 Å². The Balaban J connectivity index is 2.22. The largest absolute Gasteiger partial charge is 0.467 e. The number of amides is 1. The standard InChI is InChI=1S/C13H17NO6/c1-7(15)14-9(12(16)18-2)6-8-4-5-10(13(17)19-3)20-11(8)14/h5,8-9,11H,4,6H2,1-3H3/t8-,9-,11-/m1/s1. The number of carbonyl (C=O) groups excluding carboxylic acids is 3. The van der Waals surface area contributed by atoms with E-state index in [9.17, 15) is 14.4 Å². The van der Waals surface area contributed by atoms with Gasteiger partial charge in [-0.15, -0.1) is 0 Å². The number of allylic oxidation sites excluding steroid dienone is 1. The number of esters is 2. The molecule has 2 aliphatic rings. The van der Waals surface area contributed by atoms with Crippen molar-refractivity contribution in [2.24, 2.45) is 5.92 Å². The summed E-state index contributed by atoms with van der Waals surface area (Å²) >= 11 is 0. The smallest absolute Gasteiger partial charge is 0.373 e. The van der Waals surface area contributed by atoms with E-state index in [2.05, 4.69) is 4.74 Å². The number of fused-ring (bicyclic) bond motifs is 1. The first kappa shape index (κ1) is 14.4. The van der Waals surface area contributed by atoms with E-state index in [-0.39, 0.29) is 17.6 Å². The molecule has 1 fully saturated rings. The zero-order valence-corrected chi connectivity index (χ0v) is 11.6. The maximum Gasteiger partial charge on any atom is 0.373 e. The van der Waals surface area contributed by atoms with Crippen molar-refractivity contribution in [1.82, 2.24) is 4.90 Å². The Morgan fingerprint density at radius 1 is 1.30 bits per heavy atom. The maximum absolute atomic E-state index is 11.8. The summed E-state index contributed by atoms with van der Waals surface area (Å²) in [5.41, 5.74) is 0. The third-order valence-corrected chi connectivity index (χ3v) is 3.62. The fourth-order valence-electron chi connectivity index (χ4n) is 2.70. The average Bonchev–Trinajstić information content (AvgIpc) is 2.83. The molecule has 0 bridgehead atoms. The Kier molecular flexibility index (Phi) is 3.96. The Bertz CT molecular complexity index is 471. The summed E-state index contributed by atoms with van der Waals surface area (Å²) in [6, 6.07) is -0.669. The molecule has 2 rings (SSSR count). The summed E-state index contributed by atoms with van der Waals surface area (Å²) in [6.45, 7) is 1.36. The molecule has 110 valence electrons. The highest BCUT2D eigenvalue weighted by atomic mass is 16.6. The number of hydrogen-bond donors (Lipinski definition) is 0. The molecule has 0 radical (unpaired) electrons.